The highest BCUT2D eigenvalue weighted by molar-refractivity contribution is 6.19. The molecular formula is C10H12ClN. The Morgan fingerprint density at radius 2 is 2.00 bits per heavy atom. The molecule has 0 spiro atoms. The van der Waals surface area contributed by atoms with Crippen LogP contribution in [0.1, 0.15) is 5.56 Å². The Bertz CT molecular complexity index is 243. The highest BCUT2D eigenvalue weighted by Gasteiger charge is 1.91. The lowest BCUT2D eigenvalue weighted by Crippen LogP contribution is -2.12. The molecule has 0 fully saturated rings. The van der Waals surface area contributed by atoms with E-state index in [1.807, 2.05) is 18.2 Å². The Balaban J connectivity index is 2.38. The van der Waals surface area contributed by atoms with Crippen LogP contribution in [0.25, 0.3) is 0 Å². The first kappa shape index (κ1) is 9.14. The van der Waals surface area contributed by atoms with Crippen molar-refractivity contribution >= 4 is 11.6 Å². The van der Waals surface area contributed by atoms with Crippen molar-refractivity contribution in [1.29, 1.82) is 0 Å². The van der Waals surface area contributed by atoms with Gasteiger partial charge in [-0.1, -0.05) is 36.9 Å². The molecule has 1 aromatic carbocycles. The van der Waals surface area contributed by atoms with E-state index in [9.17, 15) is 0 Å². The smallest absolute Gasteiger partial charge is 0.0615 e. The van der Waals surface area contributed by atoms with E-state index in [1.54, 1.807) is 0 Å². The van der Waals surface area contributed by atoms with Gasteiger partial charge in [0.1, 0.15) is 0 Å². The lowest BCUT2D eigenvalue weighted by atomic mass is 10.2. The largest absolute Gasteiger partial charge is 0.384 e. The first-order valence-electron chi connectivity index (χ1n) is 3.84. The fourth-order valence-electron chi connectivity index (χ4n) is 0.870. The molecule has 64 valence electrons. The van der Waals surface area contributed by atoms with Crippen LogP contribution in [0.3, 0.4) is 0 Å². The number of nitrogens with one attached hydrogen (secondary N) is 1. The van der Waals surface area contributed by atoms with E-state index in [2.05, 4.69) is 24.0 Å². The van der Waals surface area contributed by atoms with Gasteiger partial charge in [-0.25, -0.2) is 0 Å². The molecule has 1 aromatic rings. The summed E-state index contributed by atoms with van der Waals surface area (Å²) < 4.78 is 0. The number of alkyl halides is 1. The lowest BCUT2D eigenvalue weighted by Gasteiger charge is -2.05. The van der Waals surface area contributed by atoms with Crippen LogP contribution in [0.15, 0.2) is 42.6 Å². The predicted octanol–water partition coefficient (Wildman–Crippen LogP) is 2.53. The van der Waals surface area contributed by atoms with Gasteiger partial charge in [0.15, 0.2) is 0 Å². The maximum atomic E-state index is 5.56. The van der Waals surface area contributed by atoms with Crippen LogP contribution in [0.4, 0.5) is 0 Å². The van der Waals surface area contributed by atoms with Crippen molar-refractivity contribution in [2.24, 2.45) is 0 Å². The maximum absolute atomic E-state index is 5.56. The van der Waals surface area contributed by atoms with E-state index in [4.69, 9.17) is 11.6 Å². The van der Waals surface area contributed by atoms with Crippen molar-refractivity contribution in [3.8, 4) is 0 Å². The number of hydrogen-bond donors (Lipinski definition) is 1. The second-order valence-electron chi connectivity index (χ2n) is 2.58. The summed E-state index contributed by atoms with van der Waals surface area (Å²) >= 11 is 5.56. The van der Waals surface area contributed by atoms with Gasteiger partial charge >= 0.3 is 0 Å². The Morgan fingerprint density at radius 1 is 1.33 bits per heavy atom. The van der Waals surface area contributed by atoms with Crippen molar-refractivity contribution in [3.05, 3.63) is 48.2 Å². The lowest BCUT2D eigenvalue weighted by molar-refractivity contribution is 0.818. The molecule has 0 saturated heterocycles. The van der Waals surface area contributed by atoms with Crippen LogP contribution >= 0.6 is 11.6 Å². The van der Waals surface area contributed by atoms with Crippen LogP contribution in [-0.2, 0) is 6.54 Å². The predicted molar refractivity (Wildman–Crippen MR) is 53.1 cm³/mol. The number of halogens is 1. The first-order valence-corrected chi connectivity index (χ1v) is 4.38. The van der Waals surface area contributed by atoms with E-state index in [-0.39, 0.29) is 0 Å². The van der Waals surface area contributed by atoms with Crippen molar-refractivity contribution < 1.29 is 0 Å². The molecule has 0 bridgehead atoms. The molecule has 0 unspecified atom stereocenters. The van der Waals surface area contributed by atoms with Gasteiger partial charge in [0.25, 0.3) is 0 Å². The molecule has 0 aliphatic carbocycles. The van der Waals surface area contributed by atoms with Gasteiger partial charge in [0.2, 0.25) is 0 Å². The normalized spacial score (nSPS) is 9.42. The molecule has 2 heteroatoms. The Labute approximate surface area is 78.1 Å². The zero-order chi connectivity index (χ0) is 8.81. The second kappa shape index (κ2) is 4.83. The summed E-state index contributed by atoms with van der Waals surface area (Å²) in [5.41, 5.74) is 2.10. The van der Waals surface area contributed by atoms with Gasteiger partial charge in [0, 0.05) is 12.2 Å². The summed E-state index contributed by atoms with van der Waals surface area (Å²) in [5.74, 6) is 0.465. The molecule has 0 aliphatic heterocycles. The van der Waals surface area contributed by atoms with E-state index in [0.29, 0.717) is 5.88 Å². The Morgan fingerprint density at radius 3 is 2.58 bits per heavy atom. The molecule has 0 aliphatic rings. The minimum atomic E-state index is 0.465. The van der Waals surface area contributed by atoms with Crippen LogP contribution in [0.5, 0.6) is 0 Å². The summed E-state index contributed by atoms with van der Waals surface area (Å²) in [7, 11) is 0. The fraction of sp³-hybridized carbons (Fsp3) is 0.200. The summed E-state index contributed by atoms with van der Waals surface area (Å²) in [5, 5.41) is 3.12. The van der Waals surface area contributed by atoms with Gasteiger partial charge in [-0.3, -0.25) is 0 Å². The molecule has 0 radical (unpaired) electrons. The average molecular weight is 182 g/mol. The average Bonchev–Trinajstić information content (AvgIpc) is 2.16. The number of benzene rings is 1. The first-order chi connectivity index (χ1) is 5.83. The third-order valence-corrected chi connectivity index (χ3v) is 1.87. The molecule has 1 nitrogen and oxygen atoms in total. The number of rotatable bonds is 4. The highest BCUT2D eigenvalue weighted by Crippen LogP contribution is 1.99. The monoisotopic (exact) mass is 181 g/mol. The topological polar surface area (TPSA) is 12.0 Å². The quantitative estimate of drug-likeness (QED) is 0.704. The summed E-state index contributed by atoms with van der Waals surface area (Å²) in [4.78, 5) is 0. The van der Waals surface area contributed by atoms with Gasteiger partial charge in [0.05, 0.1) is 5.88 Å². The third kappa shape index (κ3) is 2.97. The number of allylic oxidation sites excluding steroid dienone is 1. The molecule has 1 rings (SSSR count). The molecule has 0 aromatic heterocycles. The van der Waals surface area contributed by atoms with E-state index < -0.39 is 0 Å². The maximum Gasteiger partial charge on any atom is 0.0615 e. The van der Waals surface area contributed by atoms with Crippen molar-refractivity contribution in [2.75, 3.05) is 5.88 Å². The van der Waals surface area contributed by atoms with E-state index in [1.165, 1.54) is 5.56 Å². The summed E-state index contributed by atoms with van der Waals surface area (Å²) in [6.07, 6.45) is 0. The van der Waals surface area contributed by atoms with E-state index in [0.717, 1.165) is 12.2 Å². The molecule has 0 saturated carbocycles. The Hall–Kier alpha value is -0.950. The molecule has 12 heavy (non-hydrogen) atoms. The molecule has 1 N–H and O–H groups in total. The minimum absolute atomic E-state index is 0.465. The van der Waals surface area contributed by atoms with Crippen LogP contribution in [0, 0.1) is 0 Å². The zero-order valence-corrected chi connectivity index (χ0v) is 7.64. The van der Waals surface area contributed by atoms with Gasteiger partial charge < -0.3 is 5.32 Å². The van der Waals surface area contributed by atoms with E-state index >= 15 is 0 Å². The highest BCUT2D eigenvalue weighted by atomic mass is 35.5. The van der Waals surface area contributed by atoms with Crippen molar-refractivity contribution in [3.63, 3.8) is 0 Å². The van der Waals surface area contributed by atoms with Gasteiger partial charge in [-0.2, -0.15) is 0 Å². The van der Waals surface area contributed by atoms with Crippen LogP contribution in [0.2, 0.25) is 0 Å². The van der Waals surface area contributed by atoms with Crippen LogP contribution < -0.4 is 5.32 Å². The van der Waals surface area contributed by atoms with Gasteiger partial charge in [-0.05, 0) is 5.56 Å². The second-order valence-corrected chi connectivity index (χ2v) is 2.84. The van der Waals surface area contributed by atoms with Gasteiger partial charge in [-0.15, -0.1) is 11.6 Å². The summed E-state index contributed by atoms with van der Waals surface area (Å²) in [6.45, 7) is 4.54. The minimum Gasteiger partial charge on any atom is -0.384 e. The molecule has 0 heterocycles. The van der Waals surface area contributed by atoms with Crippen molar-refractivity contribution in [1.82, 2.24) is 5.32 Å². The standard InChI is InChI=1S/C10H12ClN/c1-9(7-11)12-8-10-5-3-2-4-6-10/h2-6,12H,1,7-8H2. The molecule has 0 amide bonds. The number of hydrogen-bond acceptors (Lipinski definition) is 1. The fourth-order valence-corrected chi connectivity index (χ4v) is 0.965. The van der Waals surface area contributed by atoms with Crippen LogP contribution in [-0.4, -0.2) is 5.88 Å². The molecular weight excluding hydrogens is 170 g/mol. The molecule has 0 atom stereocenters. The SMILES string of the molecule is C=C(CCl)NCc1ccccc1. The van der Waals surface area contributed by atoms with Crippen molar-refractivity contribution in [2.45, 2.75) is 6.54 Å². The zero-order valence-electron chi connectivity index (χ0n) is 6.89. The third-order valence-electron chi connectivity index (χ3n) is 1.55. The Kier molecular flexibility index (Phi) is 3.68. The summed E-state index contributed by atoms with van der Waals surface area (Å²) in [6, 6.07) is 10.2.